The van der Waals surface area contributed by atoms with E-state index in [-0.39, 0.29) is 0 Å². The number of aliphatic hydroxyl groups excluding tert-OH is 1. The summed E-state index contributed by atoms with van der Waals surface area (Å²) in [6, 6.07) is 0.628. The van der Waals surface area contributed by atoms with Crippen LogP contribution in [0.3, 0.4) is 0 Å². The molecule has 0 spiro atoms. The van der Waals surface area contributed by atoms with E-state index in [0.29, 0.717) is 12.6 Å². The smallest absolute Gasteiger partial charge is 0.0431 e. The van der Waals surface area contributed by atoms with Crippen molar-refractivity contribution in [2.24, 2.45) is 0 Å². The molecule has 1 heterocycles. The van der Waals surface area contributed by atoms with Crippen LogP contribution in [0.25, 0.3) is 0 Å². The summed E-state index contributed by atoms with van der Waals surface area (Å²) in [7, 11) is 0. The maximum atomic E-state index is 8.59. The van der Waals surface area contributed by atoms with Gasteiger partial charge in [-0.05, 0) is 12.8 Å². The molecular weight excluding hydrogens is 164 g/mol. The van der Waals surface area contributed by atoms with E-state index in [9.17, 15) is 0 Å². The maximum absolute atomic E-state index is 8.59. The summed E-state index contributed by atoms with van der Waals surface area (Å²) in [5, 5.41) is 16.4. The number of rotatable bonds is 6. The van der Waals surface area contributed by atoms with Crippen LogP contribution in [0.5, 0.6) is 0 Å². The number of aliphatic hydroxyl groups is 1. The third-order valence-electron chi connectivity index (χ3n) is 2.51. The average Bonchev–Trinajstić information content (AvgIpc) is 2.19. The molecule has 2 N–H and O–H groups in total. The Kier molecular flexibility index (Phi) is 6.15. The van der Waals surface area contributed by atoms with Gasteiger partial charge in [0.1, 0.15) is 0 Å². The van der Waals surface area contributed by atoms with Crippen molar-refractivity contribution in [3.8, 4) is 0 Å². The van der Waals surface area contributed by atoms with Crippen molar-refractivity contribution < 1.29 is 5.11 Å². The van der Waals surface area contributed by atoms with Crippen LogP contribution >= 0.6 is 0 Å². The van der Waals surface area contributed by atoms with E-state index in [4.69, 9.17) is 5.11 Å². The maximum Gasteiger partial charge on any atom is 0.0431 e. The number of nitrogens with one attached hydrogen (secondary N) is 1. The minimum Gasteiger partial charge on any atom is -0.396 e. The molecule has 0 aromatic heterocycles. The molecule has 0 aliphatic carbocycles. The van der Waals surface area contributed by atoms with Gasteiger partial charge in [-0.3, -0.25) is 0 Å². The van der Waals surface area contributed by atoms with Crippen molar-refractivity contribution >= 4 is 0 Å². The van der Waals surface area contributed by atoms with Gasteiger partial charge in [0.25, 0.3) is 0 Å². The Bertz CT molecular complexity index is 113. The lowest BCUT2D eigenvalue weighted by Gasteiger charge is -2.23. The summed E-state index contributed by atoms with van der Waals surface area (Å²) >= 11 is 0. The van der Waals surface area contributed by atoms with Crippen molar-refractivity contribution in [3.05, 3.63) is 0 Å². The molecule has 1 atom stereocenters. The lowest BCUT2D eigenvalue weighted by Crippen LogP contribution is -2.44. The number of hydrogen-bond acceptors (Lipinski definition) is 2. The highest BCUT2D eigenvalue weighted by Gasteiger charge is 2.11. The molecule has 1 aliphatic heterocycles. The van der Waals surface area contributed by atoms with Crippen LogP contribution in [0.15, 0.2) is 0 Å². The van der Waals surface area contributed by atoms with E-state index in [1.54, 1.807) is 0 Å². The summed E-state index contributed by atoms with van der Waals surface area (Å²) in [4.78, 5) is 0. The Labute approximate surface area is 80.9 Å². The molecule has 1 saturated heterocycles. The third-order valence-corrected chi connectivity index (χ3v) is 2.51. The fourth-order valence-corrected chi connectivity index (χ4v) is 1.71. The van der Waals surface area contributed by atoms with Crippen LogP contribution in [0, 0.1) is 0 Å². The van der Waals surface area contributed by atoms with Gasteiger partial charge in [0, 0.05) is 32.3 Å². The standard InChI is InChI=1S/C10H21N2O/c13-8-4-2-1-3-5-10-9-11-6-7-12-10/h10,12-13H,1-9H2. The fraction of sp³-hybridized carbons (Fsp3) is 1.00. The normalized spacial score (nSPS) is 23.3. The molecule has 0 aromatic carbocycles. The molecule has 77 valence electrons. The van der Waals surface area contributed by atoms with Crippen molar-refractivity contribution in [3.63, 3.8) is 0 Å². The number of hydrogen-bond donors (Lipinski definition) is 2. The predicted octanol–water partition coefficient (Wildman–Crippen LogP) is 0.505. The first-order valence-electron chi connectivity index (χ1n) is 5.41. The molecule has 1 rings (SSSR count). The molecule has 0 bridgehead atoms. The minimum atomic E-state index is 0.344. The molecule has 0 aromatic rings. The van der Waals surface area contributed by atoms with Gasteiger partial charge in [-0.15, -0.1) is 0 Å². The Hall–Kier alpha value is -0.120. The van der Waals surface area contributed by atoms with E-state index < -0.39 is 0 Å². The molecule has 3 nitrogen and oxygen atoms in total. The van der Waals surface area contributed by atoms with E-state index in [1.165, 1.54) is 25.7 Å². The van der Waals surface area contributed by atoms with E-state index in [2.05, 4.69) is 10.6 Å². The van der Waals surface area contributed by atoms with Crippen LogP contribution < -0.4 is 10.6 Å². The van der Waals surface area contributed by atoms with Crippen molar-refractivity contribution in [2.45, 2.75) is 38.1 Å². The highest BCUT2D eigenvalue weighted by atomic mass is 16.2. The first-order valence-corrected chi connectivity index (χ1v) is 5.41. The lowest BCUT2D eigenvalue weighted by molar-refractivity contribution is 0.281. The number of nitrogens with zero attached hydrogens (tertiary/aromatic N) is 1. The van der Waals surface area contributed by atoms with Gasteiger partial charge in [-0.2, -0.15) is 0 Å². The Morgan fingerprint density at radius 2 is 2.08 bits per heavy atom. The molecule has 13 heavy (non-hydrogen) atoms. The van der Waals surface area contributed by atoms with Gasteiger partial charge in [0.2, 0.25) is 0 Å². The Morgan fingerprint density at radius 1 is 1.23 bits per heavy atom. The lowest BCUT2D eigenvalue weighted by atomic mass is 10.1. The van der Waals surface area contributed by atoms with Crippen molar-refractivity contribution in [2.75, 3.05) is 26.2 Å². The molecule has 1 aliphatic rings. The van der Waals surface area contributed by atoms with Gasteiger partial charge in [0.05, 0.1) is 0 Å². The highest BCUT2D eigenvalue weighted by Crippen LogP contribution is 2.06. The quantitative estimate of drug-likeness (QED) is 0.592. The van der Waals surface area contributed by atoms with Gasteiger partial charge in [-0.1, -0.05) is 19.3 Å². The van der Waals surface area contributed by atoms with E-state index >= 15 is 0 Å². The van der Waals surface area contributed by atoms with Crippen LogP contribution in [0.2, 0.25) is 0 Å². The van der Waals surface area contributed by atoms with Crippen LogP contribution in [-0.4, -0.2) is 37.4 Å². The molecule has 0 amide bonds. The summed E-state index contributed by atoms with van der Waals surface area (Å²) in [5.74, 6) is 0. The largest absolute Gasteiger partial charge is 0.396 e. The topological polar surface area (TPSA) is 46.4 Å². The fourth-order valence-electron chi connectivity index (χ4n) is 1.71. The second-order valence-electron chi connectivity index (χ2n) is 3.71. The van der Waals surface area contributed by atoms with Crippen LogP contribution in [-0.2, 0) is 0 Å². The zero-order valence-electron chi connectivity index (χ0n) is 8.34. The second-order valence-corrected chi connectivity index (χ2v) is 3.71. The van der Waals surface area contributed by atoms with Crippen LogP contribution in [0.1, 0.15) is 32.1 Å². The molecule has 0 saturated carbocycles. The predicted molar refractivity (Wildman–Crippen MR) is 53.8 cm³/mol. The highest BCUT2D eigenvalue weighted by molar-refractivity contribution is 4.74. The van der Waals surface area contributed by atoms with E-state index in [1.807, 2.05) is 0 Å². The molecule has 3 heteroatoms. The molecule has 1 unspecified atom stereocenters. The van der Waals surface area contributed by atoms with Crippen molar-refractivity contribution in [1.82, 2.24) is 10.6 Å². The zero-order chi connectivity index (χ0) is 9.36. The minimum absolute atomic E-state index is 0.344. The third kappa shape index (κ3) is 5.24. The molecule has 1 fully saturated rings. The van der Waals surface area contributed by atoms with Gasteiger partial charge in [0.15, 0.2) is 0 Å². The van der Waals surface area contributed by atoms with Gasteiger partial charge < -0.3 is 10.4 Å². The number of unbranched alkanes of at least 4 members (excludes halogenated alkanes) is 3. The summed E-state index contributed by atoms with van der Waals surface area (Å²) < 4.78 is 0. The summed E-state index contributed by atoms with van der Waals surface area (Å²) in [6.07, 6.45) is 5.89. The van der Waals surface area contributed by atoms with Crippen LogP contribution in [0.4, 0.5) is 0 Å². The second kappa shape index (κ2) is 7.30. The SMILES string of the molecule is OCCCCCCC1C[N]CCN1. The monoisotopic (exact) mass is 185 g/mol. The first-order chi connectivity index (χ1) is 6.43. The zero-order valence-corrected chi connectivity index (χ0v) is 8.34. The first kappa shape index (κ1) is 11.0. The summed E-state index contributed by atoms with van der Waals surface area (Å²) in [6.45, 7) is 3.39. The Balaban J connectivity index is 1.86. The summed E-state index contributed by atoms with van der Waals surface area (Å²) in [5.41, 5.74) is 0. The average molecular weight is 185 g/mol. The van der Waals surface area contributed by atoms with E-state index in [0.717, 1.165) is 26.1 Å². The Morgan fingerprint density at radius 3 is 2.77 bits per heavy atom. The van der Waals surface area contributed by atoms with Gasteiger partial charge >= 0.3 is 0 Å². The van der Waals surface area contributed by atoms with Crippen molar-refractivity contribution in [1.29, 1.82) is 0 Å². The molecule has 1 radical (unpaired) electrons. The molecular formula is C10H21N2O. The van der Waals surface area contributed by atoms with Gasteiger partial charge in [-0.25, -0.2) is 5.32 Å². The number of piperazine rings is 1.